The van der Waals surface area contributed by atoms with E-state index in [4.69, 9.17) is 10.5 Å². The van der Waals surface area contributed by atoms with E-state index < -0.39 is 10.0 Å². The van der Waals surface area contributed by atoms with Gasteiger partial charge in [0.05, 0.1) is 12.0 Å². The molecule has 1 aromatic carbocycles. The van der Waals surface area contributed by atoms with Gasteiger partial charge in [0, 0.05) is 19.1 Å². The molecule has 2 N–H and O–H groups in total. The SMILES string of the molecule is COc1cc(C)c(S(=O)(=O)N2CC(N)C2)c(C)c1. The Balaban J connectivity index is 2.45. The molecule has 1 aromatic rings. The first-order valence-corrected chi connectivity index (χ1v) is 7.21. The molecule has 1 saturated heterocycles. The highest BCUT2D eigenvalue weighted by Crippen LogP contribution is 2.29. The molecule has 0 atom stereocenters. The van der Waals surface area contributed by atoms with E-state index in [9.17, 15) is 8.42 Å². The van der Waals surface area contributed by atoms with Crippen LogP contribution in [0.15, 0.2) is 17.0 Å². The lowest BCUT2D eigenvalue weighted by Gasteiger charge is -2.36. The van der Waals surface area contributed by atoms with Gasteiger partial charge in [-0.15, -0.1) is 0 Å². The van der Waals surface area contributed by atoms with Crippen LogP contribution in [0.2, 0.25) is 0 Å². The molecule has 1 heterocycles. The molecule has 0 amide bonds. The van der Waals surface area contributed by atoms with Crippen LogP contribution < -0.4 is 10.5 Å². The summed E-state index contributed by atoms with van der Waals surface area (Å²) in [7, 11) is -1.86. The van der Waals surface area contributed by atoms with E-state index in [-0.39, 0.29) is 6.04 Å². The van der Waals surface area contributed by atoms with E-state index in [0.29, 0.717) is 34.9 Å². The highest BCUT2D eigenvalue weighted by atomic mass is 32.2. The van der Waals surface area contributed by atoms with Gasteiger partial charge in [-0.3, -0.25) is 0 Å². The number of nitrogens with zero attached hydrogens (tertiary/aromatic N) is 1. The molecule has 2 rings (SSSR count). The van der Waals surface area contributed by atoms with E-state index in [1.807, 2.05) is 0 Å². The molecule has 5 nitrogen and oxygen atoms in total. The van der Waals surface area contributed by atoms with Crippen LogP contribution >= 0.6 is 0 Å². The minimum Gasteiger partial charge on any atom is -0.497 e. The topological polar surface area (TPSA) is 72.6 Å². The number of sulfonamides is 1. The number of aryl methyl sites for hydroxylation is 2. The Morgan fingerprint density at radius 3 is 2.17 bits per heavy atom. The molecule has 6 heteroatoms. The summed E-state index contributed by atoms with van der Waals surface area (Å²) in [6, 6.07) is 3.43. The third kappa shape index (κ3) is 2.11. The Morgan fingerprint density at radius 2 is 1.78 bits per heavy atom. The van der Waals surface area contributed by atoms with Crippen molar-refractivity contribution in [2.75, 3.05) is 20.2 Å². The molecule has 1 aliphatic rings. The molecule has 1 fully saturated rings. The second kappa shape index (κ2) is 4.53. The lowest BCUT2D eigenvalue weighted by molar-refractivity contribution is 0.265. The first-order valence-electron chi connectivity index (χ1n) is 5.77. The zero-order valence-electron chi connectivity index (χ0n) is 10.8. The molecule has 0 unspecified atom stereocenters. The largest absolute Gasteiger partial charge is 0.497 e. The quantitative estimate of drug-likeness (QED) is 0.875. The maximum Gasteiger partial charge on any atom is 0.243 e. The van der Waals surface area contributed by atoms with E-state index >= 15 is 0 Å². The van der Waals surface area contributed by atoms with Crippen LogP contribution in [0.5, 0.6) is 5.75 Å². The predicted octanol–water partition coefficient (Wildman–Crippen LogP) is 0.644. The molecule has 0 spiro atoms. The zero-order chi connectivity index (χ0) is 13.5. The van der Waals surface area contributed by atoms with Crippen LogP contribution in [-0.2, 0) is 10.0 Å². The number of hydrogen-bond acceptors (Lipinski definition) is 4. The van der Waals surface area contributed by atoms with Crippen LogP contribution in [0.1, 0.15) is 11.1 Å². The van der Waals surface area contributed by atoms with Gasteiger partial charge in [0.2, 0.25) is 10.0 Å². The van der Waals surface area contributed by atoms with Crippen LogP contribution in [0.25, 0.3) is 0 Å². The average molecular weight is 270 g/mol. The van der Waals surface area contributed by atoms with Gasteiger partial charge in [0.1, 0.15) is 5.75 Å². The number of methoxy groups -OCH3 is 1. The maximum atomic E-state index is 12.4. The molecule has 18 heavy (non-hydrogen) atoms. The lowest BCUT2D eigenvalue weighted by Crippen LogP contribution is -2.57. The second-order valence-corrected chi connectivity index (χ2v) is 6.55. The van der Waals surface area contributed by atoms with Crippen molar-refractivity contribution in [2.45, 2.75) is 24.8 Å². The molecule has 0 bridgehead atoms. The maximum absolute atomic E-state index is 12.4. The standard InChI is InChI=1S/C12H18N2O3S/c1-8-4-11(17-3)5-9(2)12(8)18(15,16)14-6-10(13)7-14/h4-5,10H,6-7,13H2,1-3H3. The summed E-state index contributed by atoms with van der Waals surface area (Å²) in [6.45, 7) is 4.35. The van der Waals surface area contributed by atoms with Gasteiger partial charge in [-0.25, -0.2) is 8.42 Å². The van der Waals surface area contributed by atoms with Gasteiger partial charge < -0.3 is 10.5 Å². The Labute approximate surface area is 108 Å². The fourth-order valence-electron chi connectivity index (χ4n) is 2.23. The van der Waals surface area contributed by atoms with Gasteiger partial charge >= 0.3 is 0 Å². The molecule has 0 aromatic heterocycles. The monoisotopic (exact) mass is 270 g/mol. The van der Waals surface area contributed by atoms with E-state index in [0.717, 1.165) is 0 Å². The molecular weight excluding hydrogens is 252 g/mol. The van der Waals surface area contributed by atoms with Gasteiger partial charge in [0.25, 0.3) is 0 Å². The van der Waals surface area contributed by atoms with Crippen molar-refractivity contribution in [3.63, 3.8) is 0 Å². The van der Waals surface area contributed by atoms with Gasteiger partial charge in [0.15, 0.2) is 0 Å². The summed E-state index contributed by atoms with van der Waals surface area (Å²) in [5.74, 6) is 0.671. The molecule has 1 aliphatic heterocycles. The fraction of sp³-hybridized carbons (Fsp3) is 0.500. The molecule has 0 saturated carbocycles. The average Bonchev–Trinajstić information content (AvgIpc) is 2.23. The molecule has 0 aliphatic carbocycles. The molecule has 100 valence electrons. The molecule has 0 radical (unpaired) electrons. The van der Waals surface area contributed by atoms with E-state index in [1.54, 1.807) is 33.1 Å². The van der Waals surface area contributed by atoms with Gasteiger partial charge in [-0.05, 0) is 37.1 Å². The van der Waals surface area contributed by atoms with Crippen LogP contribution in [0, 0.1) is 13.8 Å². The van der Waals surface area contributed by atoms with E-state index in [2.05, 4.69) is 0 Å². The number of hydrogen-bond donors (Lipinski definition) is 1. The normalized spacial score (nSPS) is 17.6. The first-order chi connectivity index (χ1) is 8.36. The Hall–Kier alpha value is -1.11. The summed E-state index contributed by atoms with van der Waals surface area (Å²) >= 11 is 0. The number of nitrogens with two attached hydrogens (primary N) is 1. The summed E-state index contributed by atoms with van der Waals surface area (Å²) in [6.07, 6.45) is 0. The van der Waals surface area contributed by atoms with Crippen molar-refractivity contribution in [1.29, 1.82) is 0 Å². The Bertz CT molecular complexity index is 540. The minimum atomic E-state index is -3.42. The fourth-order valence-corrected chi connectivity index (χ4v) is 4.20. The van der Waals surface area contributed by atoms with Crippen LogP contribution in [0.3, 0.4) is 0 Å². The number of rotatable bonds is 3. The minimum absolute atomic E-state index is 0.0429. The molecular formula is C12H18N2O3S. The first kappa shape index (κ1) is 13.3. The Kier molecular flexibility index (Phi) is 3.35. The predicted molar refractivity (Wildman–Crippen MR) is 69.2 cm³/mol. The zero-order valence-corrected chi connectivity index (χ0v) is 11.6. The highest BCUT2D eigenvalue weighted by Gasteiger charge is 2.36. The lowest BCUT2D eigenvalue weighted by atomic mass is 10.1. The van der Waals surface area contributed by atoms with Gasteiger partial charge in [-0.1, -0.05) is 0 Å². The summed E-state index contributed by atoms with van der Waals surface area (Å²) < 4.78 is 31.4. The van der Waals surface area contributed by atoms with Crippen molar-refractivity contribution in [1.82, 2.24) is 4.31 Å². The van der Waals surface area contributed by atoms with Crippen LogP contribution in [-0.4, -0.2) is 39.0 Å². The third-order valence-electron chi connectivity index (χ3n) is 3.14. The number of benzene rings is 1. The highest BCUT2D eigenvalue weighted by molar-refractivity contribution is 7.89. The Morgan fingerprint density at radius 1 is 1.28 bits per heavy atom. The van der Waals surface area contributed by atoms with Crippen molar-refractivity contribution in [3.8, 4) is 5.75 Å². The van der Waals surface area contributed by atoms with Crippen LogP contribution in [0.4, 0.5) is 0 Å². The van der Waals surface area contributed by atoms with Gasteiger partial charge in [-0.2, -0.15) is 4.31 Å². The summed E-state index contributed by atoms with van der Waals surface area (Å²) in [5, 5.41) is 0. The third-order valence-corrected chi connectivity index (χ3v) is 5.28. The number of ether oxygens (including phenoxy) is 1. The van der Waals surface area contributed by atoms with Crippen molar-refractivity contribution >= 4 is 10.0 Å². The second-order valence-electron chi connectivity index (χ2n) is 4.67. The summed E-state index contributed by atoms with van der Waals surface area (Å²) in [5.41, 5.74) is 7.04. The smallest absolute Gasteiger partial charge is 0.243 e. The van der Waals surface area contributed by atoms with Crippen molar-refractivity contribution in [3.05, 3.63) is 23.3 Å². The van der Waals surface area contributed by atoms with E-state index in [1.165, 1.54) is 4.31 Å². The summed E-state index contributed by atoms with van der Waals surface area (Å²) in [4.78, 5) is 0.371. The van der Waals surface area contributed by atoms with Crippen molar-refractivity contribution < 1.29 is 13.2 Å². The van der Waals surface area contributed by atoms with Crippen molar-refractivity contribution in [2.24, 2.45) is 5.73 Å².